The topological polar surface area (TPSA) is 55.1 Å². The molecule has 3 nitrogen and oxygen atoms in total. The van der Waals surface area contributed by atoms with Crippen molar-refractivity contribution in [3.8, 4) is 0 Å². The van der Waals surface area contributed by atoms with E-state index >= 15 is 0 Å². The molecule has 0 fully saturated rings. The van der Waals surface area contributed by atoms with Crippen molar-refractivity contribution in [2.75, 3.05) is 12.8 Å². The highest BCUT2D eigenvalue weighted by Gasteiger charge is 2.04. The van der Waals surface area contributed by atoms with Crippen molar-refractivity contribution in [1.29, 1.82) is 0 Å². The Morgan fingerprint density at radius 3 is 2.53 bits per heavy atom. The number of hydrogen-bond acceptors (Lipinski definition) is 3. The summed E-state index contributed by atoms with van der Waals surface area (Å²) in [4.78, 5) is 12.9. The zero-order chi connectivity index (χ0) is 11.3. The van der Waals surface area contributed by atoms with Crippen LogP contribution in [0.25, 0.3) is 0 Å². The van der Waals surface area contributed by atoms with Gasteiger partial charge in [-0.05, 0) is 30.5 Å². The lowest BCUT2D eigenvalue weighted by molar-refractivity contribution is 0.0959. The van der Waals surface area contributed by atoms with Crippen LogP contribution < -0.4 is 11.1 Å². The van der Waals surface area contributed by atoms with E-state index < -0.39 is 0 Å². The lowest BCUT2D eigenvalue weighted by Gasteiger charge is -2.04. The van der Waals surface area contributed by atoms with Crippen LogP contribution in [0.2, 0.25) is 0 Å². The van der Waals surface area contributed by atoms with Crippen molar-refractivity contribution in [3.05, 3.63) is 29.8 Å². The number of nitrogens with two attached hydrogens (primary N) is 1. The second-order valence-corrected chi connectivity index (χ2v) is 4.28. The standard InChI is InChI=1S/C10H12N2OS2/c1-15-8-4-2-7(3-5-8)10(13)12-6-9(11)14/h2-5H,6H2,1H3,(H2,11,14)(H,12,13). The SMILES string of the molecule is CSc1ccc(C(=O)NCC(N)=S)cc1. The first kappa shape index (κ1) is 12.0. The number of thiocarbonyl (C=S) groups is 1. The number of benzene rings is 1. The molecule has 1 rings (SSSR count). The van der Waals surface area contributed by atoms with Crippen molar-refractivity contribution in [3.63, 3.8) is 0 Å². The summed E-state index contributed by atoms with van der Waals surface area (Å²) >= 11 is 6.30. The summed E-state index contributed by atoms with van der Waals surface area (Å²) in [5.74, 6) is -0.157. The van der Waals surface area contributed by atoms with Gasteiger partial charge in [0.15, 0.2) is 0 Å². The summed E-state index contributed by atoms with van der Waals surface area (Å²) in [5.41, 5.74) is 5.89. The molecule has 0 saturated carbocycles. The molecule has 15 heavy (non-hydrogen) atoms. The maximum absolute atomic E-state index is 11.5. The van der Waals surface area contributed by atoms with Gasteiger partial charge in [-0.3, -0.25) is 4.79 Å². The van der Waals surface area contributed by atoms with Crippen molar-refractivity contribution in [1.82, 2.24) is 5.32 Å². The molecule has 0 radical (unpaired) electrons. The van der Waals surface area contributed by atoms with Crippen LogP contribution in [0, 0.1) is 0 Å². The molecule has 0 bridgehead atoms. The van der Waals surface area contributed by atoms with E-state index in [1.54, 1.807) is 23.9 Å². The van der Waals surface area contributed by atoms with Crippen LogP contribution in [0.3, 0.4) is 0 Å². The summed E-state index contributed by atoms with van der Waals surface area (Å²) in [5, 5.41) is 2.62. The largest absolute Gasteiger partial charge is 0.392 e. The quantitative estimate of drug-likeness (QED) is 0.617. The van der Waals surface area contributed by atoms with Gasteiger partial charge >= 0.3 is 0 Å². The lowest BCUT2D eigenvalue weighted by atomic mass is 10.2. The minimum absolute atomic E-state index is 0.157. The highest BCUT2D eigenvalue weighted by molar-refractivity contribution is 7.98. The molecule has 1 aromatic rings. The van der Waals surface area contributed by atoms with Crippen LogP contribution in [0.15, 0.2) is 29.2 Å². The average Bonchev–Trinajstić information content (AvgIpc) is 2.26. The van der Waals surface area contributed by atoms with E-state index in [4.69, 9.17) is 5.73 Å². The smallest absolute Gasteiger partial charge is 0.251 e. The zero-order valence-electron chi connectivity index (χ0n) is 8.32. The Bertz CT molecular complexity index is 362. The predicted molar refractivity (Wildman–Crippen MR) is 67.3 cm³/mol. The van der Waals surface area contributed by atoms with Crippen LogP contribution in [0.4, 0.5) is 0 Å². The number of carbonyl (C=O) groups excluding carboxylic acids is 1. The summed E-state index contributed by atoms with van der Waals surface area (Å²) in [6.07, 6.45) is 1.99. The number of hydrogen-bond donors (Lipinski definition) is 2. The minimum Gasteiger partial charge on any atom is -0.392 e. The Kier molecular flexibility index (Phi) is 4.58. The maximum atomic E-state index is 11.5. The van der Waals surface area contributed by atoms with E-state index in [2.05, 4.69) is 17.5 Å². The predicted octanol–water partition coefficient (Wildman–Crippen LogP) is 1.42. The van der Waals surface area contributed by atoms with Gasteiger partial charge in [-0.2, -0.15) is 0 Å². The number of rotatable bonds is 4. The molecule has 0 heterocycles. The third-order valence-corrected chi connectivity index (χ3v) is 2.66. The second-order valence-electron chi connectivity index (χ2n) is 2.88. The fourth-order valence-electron chi connectivity index (χ4n) is 1.01. The molecule has 80 valence electrons. The number of amides is 1. The molecule has 0 aromatic heterocycles. The molecule has 0 aliphatic heterocycles. The molecule has 5 heteroatoms. The minimum atomic E-state index is -0.157. The van der Waals surface area contributed by atoms with Crippen molar-refractivity contribution < 1.29 is 4.79 Å². The molecule has 0 aliphatic carbocycles. The van der Waals surface area contributed by atoms with Crippen LogP contribution in [0.5, 0.6) is 0 Å². The van der Waals surface area contributed by atoms with Crippen molar-refractivity contribution in [2.24, 2.45) is 5.73 Å². The van der Waals surface area contributed by atoms with E-state index in [-0.39, 0.29) is 17.4 Å². The number of thioether (sulfide) groups is 1. The molecule has 3 N–H and O–H groups in total. The molecule has 1 aromatic carbocycles. The van der Waals surface area contributed by atoms with Crippen LogP contribution in [-0.4, -0.2) is 23.7 Å². The molecule has 1 amide bonds. The third kappa shape index (κ3) is 3.89. The summed E-state index contributed by atoms with van der Waals surface area (Å²) in [6.45, 7) is 0.235. The molecule has 0 aliphatic rings. The Morgan fingerprint density at radius 1 is 1.47 bits per heavy atom. The maximum Gasteiger partial charge on any atom is 0.251 e. The highest BCUT2D eigenvalue weighted by Crippen LogP contribution is 2.14. The Morgan fingerprint density at radius 2 is 2.07 bits per heavy atom. The third-order valence-electron chi connectivity index (χ3n) is 1.78. The average molecular weight is 240 g/mol. The zero-order valence-corrected chi connectivity index (χ0v) is 9.95. The Hall–Kier alpha value is -1.07. The highest BCUT2D eigenvalue weighted by atomic mass is 32.2. The van der Waals surface area contributed by atoms with Gasteiger partial charge in [-0.15, -0.1) is 11.8 Å². The first-order valence-electron chi connectivity index (χ1n) is 4.34. The van der Waals surface area contributed by atoms with Gasteiger partial charge in [0.2, 0.25) is 0 Å². The van der Waals surface area contributed by atoms with Crippen LogP contribution >= 0.6 is 24.0 Å². The molecular formula is C10H12N2OS2. The van der Waals surface area contributed by atoms with E-state index in [0.29, 0.717) is 5.56 Å². The normalized spacial score (nSPS) is 9.67. The van der Waals surface area contributed by atoms with Gasteiger partial charge in [0.25, 0.3) is 5.91 Å². The summed E-state index contributed by atoms with van der Waals surface area (Å²) in [7, 11) is 0. The first-order chi connectivity index (χ1) is 7.13. The van der Waals surface area contributed by atoms with Gasteiger partial charge in [0.1, 0.15) is 0 Å². The fraction of sp³-hybridized carbons (Fsp3) is 0.200. The van der Waals surface area contributed by atoms with Gasteiger partial charge in [0, 0.05) is 10.5 Å². The Labute approximate surface area is 98.4 Å². The summed E-state index contributed by atoms with van der Waals surface area (Å²) < 4.78 is 0. The number of carbonyl (C=O) groups is 1. The van der Waals surface area contributed by atoms with Gasteiger partial charge < -0.3 is 11.1 Å². The molecule has 0 saturated heterocycles. The lowest BCUT2D eigenvalue weighted by Crippen LogP contribution is -2.32. The fourth-order valence-corrected chi connectivity index (χ4v) is 1.49. The molecule has 0 spiro atoms. The van der Waals surface area contributed by atoms with Crippen molar-refractivity contribution in [2.45, 2.75) is 4.90 Å². The van der Waals surface area contributed by atoms with E-state index in [9.17, 15) is 4.79 Å². The van der Waals surface area contributed by atoms with Gasteiger partial charge in [-0.1, -0.05) is 12.2 Å². The van der Waals surface area contributed by atoms with Gasteiger partial charge in [0.05, 0.1) is 11.5 Å². The van der Waals surface area contributed by atoms with Crippen molar-refractivity contribution >= 4 is 34.9 Å². The monoisotopic (exact) mass is 240 g/mol. The van der Waals surface area contributed by atoms with E-state index in [0.717, 1.165) is 4.90 Å². The first-order valence-corrected chi connectivity index (χ1v) is 5.97. The van der Waals surface area contributed by atoms with Crippen LogP contribution in [0.1, 0.15) is 10.4 Å². The number of nitrogens with one attached hydrogen (secondary N) is 1. The van der Waals surface area contributed by atoms with Crippen LogP contribution in [-0.2, 0) is 0 Å². The summed E-state index contributed by atoms with van der Waals surface area (Å²) in [6, 6.07) is 7.36. The van der Waals surface area contributed by atoms with E-state index in [1.165, 1.54) is 0 Å². The van der Waals surface area contributed by atoms with Gasteiger partial charge in [-0.25, -0.2) is 0 Å². The second kappa shape index (κ2) is 5.72. The molecular weight excluding hydrogens is 228 g/mol. The Balaban J connectivity index is 2.62. The van der Waals surface area contributed by atoms with E-state index in [1.807, 2.05) is 18.4 Å². The molecule has 0 unspecified atom stereocenters. The molecule has 0 atom stereocenters.